The van der Waals surface area contributed by atoms with Gasteiger partial charge < -0.3 is 4.74 Å². The van der Waals surface area contributed by atoms with Gasteiger partial charge in [-0.1, -0.05) is 15.9 Å². The van der Waals surface area contributed by atoms with Crippen molar-refractivity contribution in [3.8, 4) is 0 Å². The number of benzene rings is 1. The standard InChI is InChI=1S/C13H14BrF3O/c14-10(4-3-8-2-1-5-18-8)9-6-12(16)13(17)7-11(9)15/h6-8,10H,1-5H2. The third kappa shape index (κ3) is 3.26. The van der Waals surface area contributed by atoms with Gasteiger partial charge in [0.2, 0.25) is 0 Å². The minimum atomic E-state index is -1.16. The molecule has 5 heteroatoms. The summed E-state index contributed by atoms with van der Waals surface area (Å²) in [4.78, 5) is -0.322. The lowest BCUT2D eigenvalue weighted by atomic mass is 10.0. The Labute approximate surface area is 112 Å². The van der Waals surface area contributed by atoms with Crippen LogP contribution < -0.4 is 0 Å². The van der Waals surface area contributed by atoms with E-state index >= 15 is 0 Å². The van der Waals surface area contributed by atoms with Crippen molar-refractivity contribution in [2.75, 3.05) is 6.61 Å². The van der Waals surface area contributed by atoms with Gasteiger partial charge in [0.25, 0.3) is 0 Å². The molecule has 1 aliphatic heterocycles. The number of hydrogen-bond donors (Lipinski definition) is 0. The molecule has 0 aromatic heterocycles. The van der Waals surface area contributed by atoms with Crippen LogP contribution in [0.4, 0.5) is 13.2 Å². The second-order valence-corrected chi connectivity index (χ2v) is 5.57. The third-order valence-corrected chi connectivity index (χ3v) is 4.09. The average molecular weight is 323 g/mol. The van der Waals surface area contributed by atoms with Crippen LogP contribution >= 0.6 is 15.9 Å². The molecule has 100 valence electrons. The van der Waals surface area contributed by atoms with E-state index in [1.165, 1.54) is 0 Å². The number of rotatable bonds is 4. The summed E-state index contributed by atoms with van der Waals surface area (Å²) >= 11 is 3.32. The molecule has 1 heterocycles. The van der Waals surface area contributed by atoms with E-state index in [4.69, 9.17) is 4.74 Å². The van der Waals surface area contributed by atoms with E-state index in [9.17, 15) is 13.2 Å². The van der Waals surface area contributed by atoms with Crippen LogP contribution in [-0.4, -0.2) is 12.7 Å². The molecule has 1 aliphatic rings. The predicted molar refractivity (Wildman–Crippen MR) is 66.2 cm³/mol. The van der Waals surface area contributed by atoms with Gasteiger partial charge in [-0.2, -0.15) is 0 Å². The Bertz CT molecular complexity index is 419. The first-order chi connectivity index (χ1) is 8.58. The summed E-state index contributed by atoms with van der Waals surface area (Å²) < 4.78 is 44.9. The van der Waals surface area contributed by atoms with Crippen LogP contribution in [0.1, 0.15) is 36.1 Å². The number of hydrogen-bond acceptors (Lipinski definition) is 1. The Morgan fingerprint density at radius 1 is 1.22 bits per heavy atom. The monoisotopic (exact) mass is 322 g/mol. The fraction of sp³-hybridized carbons (Fsp3) is 0.538. The van der Waals surface area contributed by atoms with E-state index in [2.05, 4.69) is 15.9 Å². The van der Waals surface area contributed by atoms with Crippen molar-refractivity contribution in [2.24, 2.45) is 0 Å². The fourth-order valence-electron chi connectivity index (χ4n) is 2.14. The van der Waals surface area contributed by atoms with E-state index in [-0.39, 0.29) is 16.5 Å². The van der Waals surface area contributed by atoms with Crippen LogP contribution in [0.3, 0.4) is 0 Å². The molecule has 0 radical (unpaired) electrons. The molecule has 1 fully saturated rings. The molecule has 18 heavy (non-hydrogen) atoms. The van der Waals surface area contributed by atoms with E-state index in [1.54, 1.807) is 0 Å². The van der Waals surface area contributed by atoms with Crippen molar-refractivity contribution in [1.82, 2.24) is 0 Å². The highest BCUT2D eigenvalue weighted by Gasteiger charge is 2.20. The minimum absolute atomic E-state index is 0.159. The van der Waals surface area contributed by atoms with Crippen molar-refractivity contribution in [3.05, 3.63) is 35.1 Å². The van der Waals surface area contributed by atoms with Gasteiger partial charge in [0.05, 0.1) is 6.10 Å². The predicted octanol–water partition coefficient (Wildman–Crippen LogP) is 4.50. The zero-order valence-electron chi connectivity index (χ0n) is 9.77. The van der Waals surface area contributed by atoms with Gasteiger partial charge in [0, 0.05) is 23.1 Å². The summed E-state index contributed by atoms with van der Waals surface area (Å²) in [5, 5.41) is 0. The average Bonchev–Trinajstić information content (AvgIpc) is 2.84. The van der Waals surface area contributed by atoms with Gasteiger partial charge >= 0.3 is 0 Å². The number of halogens is 4. The van der Waals surface area contributed by atoms with Crippen molar-refractivity contribution < 1.29 is 17.9 Å². The number of ether oxygens (including phenoxy) is 1. The first-order valence-corrected chi connectivity index (χ1v) is 6.89. The summed E-state index contributed by atoms with van der Waals surface area (Å²) in [5.74, 6) is -2.90. The smallest absolute Gasteiger partial charge is 0.161 e. The molecular formula is C13H14BrF3O. The molecule has 0 aliphatic carbocycles. The molecule has 0 saturated carbocycles. The molecule has 0 bridgehead atoms. The lowest BCUT2D eigenvalue weighted by Crippen LogP contribution is -2.07. The second kappa shape index (κ2) is 6.06. The molecule has 0 N–H and O–H groups in total. The lowest BCUT2D eigenvalue weighted by Gasteiger charge is -2.14. The second-order valence-electron chi connectivity index (χ2n) is 4.47. The molecule has 0 amide bonds. The Kier molecular flexibility index (Phi) is 4.67. The lowest BCUT2D eigenvalue weighted by molar-refractivity contribution is 0.102. The molecule has 1 saturated heterocycles. The zero-order chi connectivity index (χ0) is 13.1. The highest BCUT2D eigenvalue weighted by atomic mass is 79.9. The third-order valence-electron chi connectivity index (χ3n) is 3.14. The van der Waals surface area contributed by atoms with E-state index in [1.807, 2.05) is 0 Å². The van der Waals surface area contributed by atoms with Gasteiger partial charge in [-0.15, -0.1) is 0 Å². The Balaban J connectivity index is 1.99. The van der Waals surface area contributed by atoms with Crippen molar-refractivity contribution >= 4 is 15.9 Å². The Morgan fingerprint density at radius 2 is 1.94 bits per heavy atom. The summed E-state index contributed by atoms with van der Waals surface area (Å²) in [7, 11) is 0. The van der Waals surface area contributed by atoms with Crippen LogP contribution in [-0.2, 0) is 4.74 Å². The summed E-state index contributed by atoms with van der Waals surface area (Å²) in [6, 6.07) is 1.50. The topological polar surface area (TPSA) is 9.23 Å². The molecule has 2 rings (SSSR count). The van der Waals surface area contributed by atoms with Crippen LogP contribution in [0.5, 0.6) is 0 Å². The maximum absolute atomic E-state index is 13.5. The Hall–Kier alpha value is -0.550. The highest BCUT2D eigenvalue weighted by Crippen LogP contribution is 2.33. The number of alkyl halides is 1. The summed E-state index contributed by atoms with van der Waals surface area (Å²) in [6.45, 7) is 0.775. The molecule has 1 aromatic carbocycles. The van der Waals surface area contributed by atoms with E-state index < -0.39 is 17.5 Å². The van der Waals surface area contributed by atoms with Crippen LogP contribution in [0, 0.1) is 17.5 Å². The maximum Gasteiger partial charge on any atom is 0.161 e. The maximum atomic E-state index is 13.5. The highest BCUT2D eigenvalue weighted by molar-refractivity contribution is 9.09. The van der Waals surface area contributed by atoms with Crippen molar-refractivity contribution in [2.45, 2.75) is 36.6 Å². The first kappa shape index (κ1) is 13.9. The summed E-state index contributed by atoms with van der Waals surface area (Å²) in [5.41, 5.74) is 0.159. The van der Waals surface area contributed by atoms with E-state index in [0.29, 0.717) is 12.5 Å². The molecule has 0 spiro atoms. The van der Waals surface area contributed by atoms with Crippen LogP contribution in [0.2, 0.25) is 0 Å². The fourth-order valence-corrected chi connectivity index (χ4v) is 2.75. The molecule has 2 atom stereocenters. The zero-order valence-corrected chi connectivity index (χ0v) is 11.4. The normalized spacial score (nSPS) is 21.2. The Morgan fingerprint density at radius 3 is 2.61 bits per heavy atom. The van der Waals surface area contributed by atoms with E-state index in [0.717, 1.165) is 31.9 Å². The van der Waals surface area contributed by atoms with Gasteiger partial charge in [0.1, 0.15) is 5.82 Å². The van der Waals surface area contributed by atoms with Gasteiger partial charge in [-0.25, -0.2) is 13.2 Å². The van der Waals surface area contributed by atoms with Crippen molar-refractivity contribution in [3.63, 3.8) is 0 Å². The van der Waals surface area contributed by atoms with Gasteiger partial charge in [0.15, 0.2) is 11.6 Å². The molecule has 1 aromatic rings. The van der Waals surface area contributed by atoms with Crippen LogP contribution in [0.15, 0.2) is 12.1 Å². The van der Waals surface area contributed by atoms with Gasteiger partial charge in [-0.3, -0.25) is 0 Å². The largest absolute Gasteiger partial charge is 0.378 e. The molecule has 1 nitrogen and oxygen atoms in total. The SMILES string of the molecule is Fc1cc(F)c(C(Br)CCC2CCCO2)cc1F. The first-order valence-electron chi connectivity index (χ1n) is 5.98. The minimum Gasteiger partial charge on any atom is -0.378 e. The summed E-state index contributed by atoms with van der Waals surface area (Å²) in [6.07, 6.45) is 3.69. The molecule has 2 unspecified atom stereocenters. The van der Waals surface area contributed by atoms with Crippen molar-refractivity contribution in [1.29, 1.82) is 0 Å². The quantitative estimate of drug-likeness (QED) is 0.586. The molecular weight excluding hydrogens is 309 g/mol. The van der Waals surface area contributed by atoms with Gasteiger partial charge in [-0.05, 0) is 31.7 Å². The van der Waals surface area contributed by atoms with Crippen LogP contribution in [0.25, 0.3) is 0 Å².